The Morgan fingerprint density at radius 3 is 1.40 bits per heavy atom. The number of rotatable bonds is 8. The van der Waals surface area contributed by atoms with Gasteiger partial charge >= 0.3 is 21.2 Å². The van der Waals surface area contributed by atoms with Gasteiger partial charge in [-0.3, -0.25) is 19.2 Å². The zero-order chi connectivity index (χ0) is 20.0. The van der Waals surface area contributed by atoms with Crippen LogP contribution in [0.25, 0.3) is 0 Å². The van der Waals surface area contributed by atoms with Crippen LogP contribution in [0.5, 0.6) is 0 Å². The molecule has 10 N–H and O–H groups in total. The fourth-order valence-corrected chi connectivity index (χ4v) is 1.42. The molecule has 0 aromatic heterocycles. The molecule has 0 aliphatic carbocycles. The molecule has 154 valence electrons. The van der Waals surface area contributed by atoms with Crippen molar-refractivity contribution in [3.05, 3.63) is 0 Å². The third-order valence-electron chi connectivity index (χ3n) is 1.18. The summed E-state index contributed by atoms with van der Waals surface area (Å²) in [6.45, 7) is -0.990. The SMILES string of the molecule is C[S+](C)C.N.O=C(O)CNCP(=O)(O)O.O=C([O-])CNCP(=O)(O)O. The van der Waals surface area contributed by atoms with Gasteiger partial charge in [0.2, 0.25) is 0 Å². The van der Waals surface area contributed by atoms with E-state index in [1.165, 1.54) is 0 Å². The average Bonchev–Trinajstić information content (AvgIpc) is 2.23. The molecule has 0 aromatic carbocycles. The molecule has 25 heavy (non-hydrogen) atoms. The number of carboxylic acid groups (broad SMARTS) is 2. The highest BCUT2D eigenvalue weighted by molar-refractivity contribution is 7.94. The molecular formula is C9H27N3O10P2S. The summed E-state index contributed by atoms with van der Waals surface area (Å²) in [7, 11) is -7.58. The van der Waals surface area contributed by atoms with E-state index in [4.69, 9.17) is 24.7 Å². The van der Waals surface area contributed by atoms with E-state index < -0.39 is 52.8 Å². The van der Waals surface area contributed by atoms with Gasteiger partial charge in [0.25, 0.3) is 0 Å². The molecule has 0 saturated heterocycles. The molecule has 0 bridgehead atoms. The summed E-state index contributed by atoms with van der Waals surface area (Å²) in [5.74, 6) is -2.54. The first kappa shape index (κ1) is 32.2. The highest BCUT2D eigenvalue weighted by Gasteiger charge is 2.11. The van der Waals surface area contributed by atoms with Crippen molar-refractivity contribution in [2.24, 2.45) is 0 Å². The fourth-order valence-electron chi connectivity index (χ4n) is 0.612. The van der Waals surface area contributed by atoms with Crippen LogP contribution in [0.3, 0.4) is 0 Å². The number of hydrogen-bond donors (Lipinski definition) is 8. The Hall–Kier alpha value is -0.530. The van der Waals surface area contributed by atoms with E-state index in [1.807, 2.05) is 5.32 Å². The molecule has 0 spiro atoms. The smallest absolute Gasteiger partial charge is 0.339 e. The summed E-state index contributed by atoms with van der Waals surface area (Å²) >= 11 is 0. The lowest BCUT2D eigenvalue weighted by Gasteiger charge is -2.05. The zero-order valence-electron chi connectivity index (χ0n) is 14.1. The van der Waals surface area contributed by atoms with Crippen molar-refractivity contribution in [2.45, 2.75) is 0 Å². The van der Waals surface area contributed by atoms with Crippen molar-refractivity contribution < 1.29 is 48.5 Å². The second kappa shape index (κ2) is 16.9. The van der Waals surface area contributed by atoms with Gasteiger partial charge in [0.1, 0.15) is 0 Å². The summed E-state index contributed by atoms with van der Waals surface area (Å²) < 4.78 is 20.1. The van der Waals surface area contributed by atoms with Crippen molar-refractivity contribution in [1.82, 2.24) is 16.8 Å². The second-order valence-electron chi connectivity index (χ2n) is 4.49. The van der Waals surface area contributed by atoms with Crippen molar-refractivity contribution in [3.63, 3.8) is 0 Å². The Balaban J connectivity index is -0.000000141. The van der Waals surface area contributed by atoms with Gasteiger partial charge in [0, 0.05) is 6.54 Å². The van der Waals surface area contributed by atoms with Crippen molar-refractivity contribution in [3.8, 4) is 0 Å². The number of carbonyl (C=O) groups excluding carboxylic acids is 1. The van der Waals surface area contributed by atoms with Crippen LogP contribution in [0.2, 0.25) is 0 Å². The third-order valence-corrected chi connectivity index (χ3v) is 2.45. The molecule has 0 rings (SSSR count). The summed E-state index contributed by atoms with van der Waals surface area (Å²) in [6, 6.07) is 0. The fraction of sp³-hybridized carbons (Fsp3) is 0.778. The number of carboxylic acids is 2. The van der Waals surface area contributed by atoms with Crippen LogP contribution < -0.4 is 21.9 Å². The summed E-state index contributed by atoms with van der Waals surface area (Å²) in [5, 5.41) is 21.7. The molecular weight excluding hydrogens is 404 g/mol. The van der Waals surface area contributed by atoms with E-state index >= 15 is 0 Å². The lowest BCUT2D eigenvalue weighted by atomic mass is 10.7. The number of nitrogens with one attached hydrogen (secondary N) is 2. The van der Waals surface area contributed by atoms with Crippen LogP contribution in [0.4, 0.5) is 0 Å². The minimum Gasteiger partial charge on any atom is -0.549 e. The van der Waals surface area contributed by atoms with Crippen molar-refractivity contribution >= 4 is 38.0 Å². The maximum Gasteiger partial charge on any atom is 0.339 e. The Labute approximate surface area is 148 Å². The van der Waals surface area contributed by atoms with Gasteiger partial charge in [0.05, 0.1) is 43.9 Å². The Morgan fingerprint density at radius 1 is 0.920 bits per heavy atom. The molecule has 0 aliphatic rings. The van der Waals surface area contributed by atoms with Gasteiger partial charge in [0.15, 0.2) is 0 Å². The van der Waals surface area contributed by atoms with Gasteiger partial charge < -0.3 is 46.0 Å². The van der Waals surface area contributed by atoms with E-state index in [9.17, 15) is 23.8 Å². The highest BCUT2D eigenvalue weighted by Crippen LogP contribution is 2.32. The molecule has 0 radical (unpaired) electrons. The molecule has 0 aliphatic heterocycles. The predicted octanol–water partition coefficient (Wildman–Crippen LogP) is -3.09. The Morgan fingerprint density at radius 2 is 1.20 bits per heavy atom. The van der Waals surface area contributed by atoms with Crippen LogP contribution in [-0.2, 0) is 29.6 Å². The first-order valence-electron chi connectivity index (χ1n) is 5.98. The molecule has 0 aromatic rings. The minimum atomic E-state index is -4.12. The van der Waals surface area contributed by atoms with Crippen LogP contribution in [0, 0.1) is 0 Å². The van der Waals surface area contributed by atoms with Crippen LogP contribution in [0.1, 0.15) is 0 Å². The molecule has 16 heteroatoms. The molecule has 0 heterocycles. The van der Waals surface area contributed by atoms with E-state index in [0.29, 0.717) is 10.9 Å². The monoisotopic (exact) mass is 431 g/mol. The Kier molecular flexibility index (Phi) is 21.8. The van der Waals surface area contributed by atoms with Crippen molar-refractivity contribution in [1.29, 1.82) is 0 Å². The topological polar surface area (TPSA) is 252 Å². The summed E-state index contributed by atoms with van der Waals surface area (Å²) in [4.78, 5) is 52.1. The average molecular weight is 431 g/mol. The second-order valence-corrected chi connectivity index (χ2v) is 10.2. The van der Waals surface area contributed by atoms with Gasteiger partial charge in [-0.05, 0) is 10.9 Å². The van der Waals surface area contributed by atoms with E-state index in [2.05, 4.69) is 24.1 Å². The minimum absolute atomic E-state index is 0. The van der Waals surface area contributed by atoms with Crippen LogP contribution in [-0.4, -0.2) is 81.0 Å². The number of aliphatic carboxylic acids is 2. The van der Waals surface area contributed by atoms with E-state index in [0.717, 1.165) is 0 Å². The van der Waals surface area contributed by atoms with E-state index in [1.54, 1.807) is 0 Å². The maximum absolute atomic E-state index is 10.1. The predicted molar refractivity (Wildman–Crippen MR) is 92.6 cm³/mol. The first-order valence-corrected chi connectivity index (χ1v) is 12.0. The molecule has 13 nitrogen and oxygen atoms in total. The normalized spacial score (nSPS) is 10.6. The van der Waals surface area contributed by atoms with Gasteiger partial charge in [-0.1, -0.05) is 0 Å². The molecule has 0 saturated carbocycles. The van der Waals surface area contributed by atoms with Gasteiger partial charge in [-0.15, -0.1) is 0 Å². The first-order chi connectivity index (χ1) is 10.6. The molecule has 0 amide bonds. The Bertz CT molecular complexity index is 412. The van der Waals surface area contributed by atoms with E-state index in [-0.39, 0.29) is 6.15 Å². The lowest BCUT2D eigenvalue weighted by molar-refractivity contribution is -0.304. The third kappa shape index (κ3) is 59.6. The van der Waals surface area contributed by atoms with Crippen molar-refractivity contribution in [2.75, 3.05) is 44.4 Å². The highest BCUT2D eigenvalue weighted by atomic mass is 32.2. The number of hydrogen-bond acceptors (Lipinski definition) is 8. The number of carbonyl (C=O) groups is 2. The molecule has 0 unspecified atom stereocenters. The lowest BCUT2D eigenvalue weighted by Crippen LogP contribution is -2.34. The zero-order valence-corrected chi connectivity index (χ0v) is 16.7. The largest absolute Gasteiger partial charge is 0.549 e. The quantitative estimate of drug-likeness (QED) is 0.140. The molecule has 0 fully saturated rings. The summed E-state index contributed by atoms with van der Waals surface area (Å²) in [6.07, 6.45) is 5.35. The maximum atomic E-state index is 10.1. The summed E-state index contributed by atoms with van der Waals surface area (Å²) in [5.41, 5.74) is 0. The van der Waals surface area contributed by atoms with Gasteiger partial charge in [-0.2, -0.15) is 0 Å². The molecule has 0 atom stereocenters. The van der Waals surface area contributed by atoms with Crippen LogP contribution >= 0.6 is 15.2 Å². The standard InChI is InChI=1S/2C3H8NO5P.C3H9S.H3N/c2*5-3(6)1-4-2-10(7,8)9;1-4(2)3;/h2*4H,1-2H2,(H,5,6)(H2,7,8,9);1-3H3;1H3/q;;+1;/p-1. The van der Waals surface area contributed by atoms with Crippen LogP contribution in [0.15, 0.2) is 0 Å². The van der Waals surface area contributed by atoms with Gasteiger partial charge in [-0.25, -0.2) is 0 Å².